The molecule has 0 saturated heterocycles. The largest absolute Gasteiger partial charge is 0.329 e. The van der Waals surface area contributed by atoms with Crippen molar-refractivity contribution in [2.24, 2.45) is 29.4 Å². The molecule has 0 spiro atoms. The SMILES string of the molecule is CC(C)C1CC(CN)(N(C)CC2CC2C)C1. The van der Waals surface area contributed by atoms with Crippen molar-refractivity contribution in [2.75, 3.05) is 20.1 Å². The molecule has 0 bridgehead atoms. The second-order valence-electron chi connectivity index (χ2n) is 6.69. The van der Waals surface area contributed by atoms with Gasteiger partial charge < -0.3 is 5.73 Å². The lowest BCUT2D eigenvalue weighted by Crippen LogP contribution is -2.61. The molecule has 2 unspecified atom stereocenters. The Morgan fingerprint density at radius 2 is 1.94 bits per heavy atom. The van der Waals surface area contributed by atoms with Gasteiger partial charge in [-0.3, -0.25) is 4.90 Å². The van der Waals surface area contributed by atoms with E-state index in [0.717, 1.165) is 30.2 Å². The summed E-state index contributed by atoms with van der Waals surface area (Å²) in [5, 5.41) is 0. The van der Waals surface area contributed by atoms with Gasteiger partial charge in [-0.05, 0) is 50.0 Å². The molecule has 16 heavy (non-hydrogen) atoms. The van der Waals surface area contributed by atoms with Crippen LogP contribution in [0.1, 0.15) is 40.0 Å². The molecule has 0 aromatic carbocycles. The van der Waals surface area contributed by atoms with Gasteiger partial charge in [-0.15, -0.1) is 0 Å². The lowest BCUT2D eigenvalue weighted by Gasteiger charge is -2.54. The summed E-state index contributed by atoms with van der Waals surface area (Å²) in [6.07, 6.45) is 4.07. The summed E-state index contributed by atoms with van der Waals surface area (Å²) in [5.74, 6) is 3.64. The topological polar surface area (TPSA) is 29.3 Å². The van der Waals surface area contributed by atoms with Gasteiger partial charge in [0.1, 0.15) is 0 Å². The van der Waals surface area contributed by atoms with Crippen LogP contribution in [0.25, 0.3) is 0 Å². The second kappa shape index (κ2) is 4.30. The van der Waals surface area contributed by atoms with Gasteiger partial charge in [0.2, 0.25) is 0 Å². The zero-order chi connectivity index (χ0) is 11.9. The van der Waals surface area contributed by atoms with Crippen molar-refractivity contribution in [2.45, 2.75) is 45.6 Å². The van der Waals surface area contributed by atoms with Gasteiger partial charge in [-0.2, -0.15) is 0 Å². The van der Waals surface area contributed by atoms with Crippen molar-refractivity contribution in [3.8, 4) is 0 Å². The van der Waals surface area contributed by atoms with Crippen LogP contribution in [0, 0.1) is 23.7 Å². The Balaban J connectivity index is 1.85. The molecule has 2 aliphatic carbocycles. The molecular weight excluding hydrogens is 196 g/mol. The summed E-state index contributed by atoms with van der Waals surface area (Å²) < 4.78 is 0. The third-order valence-corrected chi connectivity index (χ3v) is 5.20. The van der Waals surface area contributed by atoms with E-state index in [9.17, 15) is 0 Å². The fraction of sp³-hybridized carbons (Fsp3) is 1.00. The van der Waals surface area contributed by atoms with Gasteiger partial charge in [0.05, 0.1) is 0 Å². The highest BCUT2D eigenvalue weighted by Crippen LogP contribution is 2.47. The first kappa shape index (κ1) is 12.4. The van der Waals surface area contributed by atoms with Crippen LogP contribution in [-0.2, 0) is 0 Å². The monoisotopic (exact) mass is 224 g/mol. The van der Waals surface area contributed by atoms with Gasteiger partial charge in [-0.1, -0.05) is 20.8 Å². The number of nitrogens with two attached hydrogens (primary N) is 1. The summed E-state index contributed by atoms with van der Waals surface area (Å²) in [5.41, 5.74) is 6.37. The molecule has 2 heteroatoms. The molecule has 0 radical (unpaired) electrons. The summed E-state index contributed by atoms with van der Waals surface area (Å²) >= 11 is 0. The average molecular weight is 224 g/mol. The quantitative estimate of drug-likeness (QED) is 0.776. The van der Waals surface area contributed by atoms with Crippen molar-refractivity contribution in [3.63, 3.8) is 0 Å². The maximum atomic E-state index is 6.02. The molecule has 94 valence electrons. The van der Waals surface area contributed by atoms with E-state index in [2.05, 4.69) is 32.7 Å². The first-order valence-electron chi connectivity index (χ1n) is 6.90. The number of hydrogen-bond acceptors (Lipinski definition) is 2. The second-order valence-corrected chi connectivity index (χ2v) is 6.69. The number of likely N-dealkylation sites (N-methyl/N-ethyl adjacent to an activating group) is 1. The minimum Gasteiger partial charge on any atom is -0.329 e. The molecule has 2 nitrogen and oxygen atoms in total. The third-order valence-electron chi connectivity index (χ3n) is 5.20. The smallest absolute Gasteiger partial charge is 0.0334 e. The maximum absolute atomic E-state index is 6.02. The Morgan fingerprint density at radius 3 is 2.31 bits per heavy atom. The Labute approximate surface area is 101 Å². The van der Waals surface area contributed by atoms with E-state index in [1.807, 2.05) is 0 Å². The van der Waals surface area contributed by atoms with E-state index in [-0.39, 0.29) is 0 Å². The van der Waals surface area contributed by atoms with Crippen molar-refractivity contribution in [1.29, 1.82) is 0 Å². The summed E-state index contributed by atoms with van der Waals surface area (Å²) in [6, 6.07) is 0. The molecule has 0 heterocycles. The van der Waals surface area contributed by atoms with E-state index in [1.165, 1.54) is 25.8 Å². The van der Waals surface area contributed by atoms with Gasteiger partial charge in [-0.25, -0.2) is 0 Å². The molecule has 0 amide bonds. The summed E-state index contributed by atoms with van der Waals surface area (Å²) in [4.78, 5) is 2.57. The highest BCUT2D eigenvalue weighted by atomic mass is 15.2. The molecule has 2 saturated carbocycles. The van der Waals surface area contributed by atoms with E-state index >= 15 is 0 Å². The first-order valence-corrected chi connectivity index (χ1v) is 6.90. The predicted octanol–water partition coefficient (Wildman–Crippen LogP) is 2.34. The van der Waals surface area contributed by atoms with E-state index < -0.39 is 0 Å². The van der Waals surface area contributed by atoms with Crippen LogP contribution in [0.3, 0.4) is 0 Å². The van der Waals surface area contributed by atoms with E-state index in [4.69, 9.17) is 5.73 Å². The zero-order valence-corrected chi connectivity index (χ0v) is 11.4. The lowest BCUT2D eigenvalue weighted by atomic mass is 9.63. The number of rotatable bonds is 5. The van der Waals surface area contributed by atoms with Gasteiger partial charge in [0.25, 0.3) is 0 Å². The molecule has 2 aliphatic rings. The van der Waals surface area contributed by atoms with Crippen molar-refractivity contribution in [3.05, 3.63) is 0 Å². The molecule has 2 N–H and O–H groups in total. The standard InChI is InChI=1S/C14H28N2/c1-10(2)13-6-14(7-13,9-15)16(4)8-12-5-11(12)3/h10-13H,5-9,15H2,1-4H3. The Kier molecular flexibility index (Phi) is 3.33. The fourth-order valence-corrected chi connectivity index (χ4v) is 3.22. The Morgan fingerprint density at radius 1 is 1.38 bits per heavy atom. The van der Waals surface area contributed by atoms with Crippen LogP contribution < -0.4 is 5.73 Å². The van der Waals surface area contributed by atoms with E-state index in [0.29, 0.717) is 5.54 Å². The third kappa shape index (κ3) is 2.14. The molecule has 2 fully saturated rings. The van der Waals surface area contributed by atoms with Crippen molar-refractivity contribution < 1.29 is 0 Å². The van der Waals surface area contributed by atoms with Crippen molar-refractivity contribution >= 4 is 0 Å². The molecule has 2 rings (SSSR count). The highest BCUT2D eigenvalue weighted by Gasteiger charge is 2.48. The van der Waals surface area contributed by atoms with Crippen LogP contribution in [0.4, 0.5) is 0 Å². The minimum atomic E-state index is 0.344. The predicted molar refractivity (Wildman–Crippen MR) is 69.2 cm³/mol. The fourth-order valence-electron chi connectivity index (χ4n) is 3.22. The molecular formula is C14H28N2. The van der Waals surface area contributed by atoms with Crippen LogP contribution in [-0.4, -0.2) is 30.6 Å². The normalized spacial score (nSPS) is 42.6. The van der Waals surface area contributed by atoms with Gasteiger partial charge in [0, 0.05) is 18.6 Å². The van der Waals surface area contributed by atoms with Gasteiger partial charge >= 0.3 is 0 Å². The highest BCUT2D eigenvalue weighted by molar-refractivity contribution is 5.04. The van der Waals surface area contributed by atoms with Crippen molar-refractivity contribution in [1.82, 2.24) is 4.90 Å². The van der Waals surface area contributed by atoms with Crippen LogP contribution in [0.15, 0.2) is 0 Å². The minimum absolute atomic E-state index is 0.344. The average Bonchev–Trinajstić information content (AvgIpc) is 2.80. The number of nitrogens with zero attached hydrogens (tertiary/aromatic N) is 1. The van der Waals surface area contributed by atoms with E-state index in [1.54, 1.807) is 0 Å². The molecule has 0 aromatic rings. The first-order chi connectivity index (χ1) is 7.48. The molecule has 0 aromatic heterocycles. The van der Waals surface area contributed by atoms with Crippen LogP contribution >= 0.6 is 0 Å². The summed E-state index contributed by atoms with van der Waals surface area (Å²) in [6.45, 7) is 9.16. The maximum Gasteiger partial charge on any atom is 0.0334 e. The number of hydrogen-bond donors (Lipinski definition) is 1. The van der Waals surface area contributed by atoms with Gasteiger partial charge in [0.15, 0.2) is 0 Å². The lowest BCUT2D eigenvalue weighted by molar-refractivity contribution is -0.0224. The zero-order valence-electron chi connectivity index (χ0n) is 11.4. The van der Waals surface area contributed by atoms with Crippen LogP contribution in [0.5, 0.6) is 0 Å². The van der Waals surface area contributed by atoms with Crippen LogP contribution in [0.2, 0.25) is 0 Å². The Hall–Kier alpha value is -0.0800. The molecule has 2 atom stereocenters. The Bertz CT molecular complexity index is 243. The summed E-state index contributed by atoms with van der Waals surface area (Å²) in [7, 11) is 2.29. The molecule has 0 aliphatic heterocycles.